The van der Waals surface area contributed by atoms with Gasteiger partial charge in [-0.2, -0.15) is 0 Å². The van der Waals surface area contributed by atoms with E-state index in [2.05, 4.69) is 14.9 Å². The first-order valence-electron chi connectivity index (χ1n) is 5.78. The van der Waals surface area contributed by atoms with Crippen LogP contribution in [-0.4, -0.2) is 42.1 Å². The highest BCUT2D eigenvalue weighted by Crippen LogP contribution is 2.33. The third kappa shape index (κ3) is 2.10. The van der Waals surface area contributed by atoms with Crippen LogP contribution in [0.25, 0.3) is 0 Å². The van der Waals surface area contributed by atoms with Crippen molar-refractivity contribution < 1.29 is 9.47 Å². The maximum Gasteiger partial charge on any atom is 0.171 e. The summed E-state index contributed by atoms with van der Waals surface area (Å²) in [6.07, 6.45) is 4.95. The van der Waals surface area contributed by atoms with Crippen molar-refractivity contribution in [2.45, 2.75) is 18.6 Å². The van der Waals surface area contributed by atoms with E-state index in [0.717, 1.165) is 31.7 Å². The first-order chi connectivity index (χ1) is 8.29. The van der Waals surface area contributed by atoms with Crippen molar-refractivity contribution in [1.82, 2.24) is 9.97 Å². The van der Waals surface area contributed by atoms with E-state index in [1.165, 1.54) is 0 Å². The largest absolute Gasteiger partial charge is 0.354 e. The Morgan fingerprint density at radius 1 is 1.12 bits per heavy atom. The Bertz CT molecular complexity index is 399. The van der Waals surface area contributed by atoms with Crippen molar-refractivity contribution in [2.75, 3.05) is 31.2 Å². The van der Waals surface area contributed by atoms with Crippen LogP contribution in [0.1, 0.15) is 12.8 Å². The Hall–Kier alpha value is -0.910. The quantitative estimate of drug-likeness (QED) is 0.761. The van der Waals surface area contributed by atoms with Gasteiger partial charge in [0.25, 0.3) is 0 Å². The zero-order valence-corrected chi connectivity index (χ0v) is 10.2. The highest BCUT2D eigenvalue weighted by Gasteiger charge is 2.40. The molecule has 0 unspecified atom stereocenters. The molecule has 3 heterocycles. The fourth-order valence-electron chi connectivity index (χ4n) is 2.37. The number of halogens is 1. The summed E-state index contributed by atoms with van der Waals surface area (Å²) in [6.45, 7) is 3.06. The summed E-state index contributed by atoms with van der Waals surface area (Å²) in [5, 5.41) is 0.455. The van der Waals surface area contributed by atoms with Crippen molar-refractivity contribution in [3.8, 4) is 0 Å². The smallest absolute Gasteiger partial charge is 0.171 e. The molecule has 3 rings (SSSR count). The Balaban J connectivity index is 1.71. The molecule has 0 saturated carbocycles. The van der Waals surface area contributed by atoms with E-state index in [4.69, 9.17) is 21.1 Å². The van der Waals surface area contributed by atoms with Crippen LogP contribution >= 0.6 is 11.6 Å². The molecule has 0 N–H and O–H groups in total. The molecule has 2 fully saturated rings. The minimum absolute atomic E-state index is 0.356. The number of nitrogens with zero attached hydrogens (tertiary/aromatic N) is 3. The third-order valence-corrected chi connectivity index (χ3v) is 3.54. The minimum atomic E-state index is -0.356. The first-order valence-corrected chi connectivity index (χ1v) is 6.16. The Morgan fingerprint density at radius 3 is 2.41 bits per heavy atom. The van der Waals surface area contributed by atoms with Gasteiger partial charge in [-0.3, -0.25) is 0 Å². The molecule has 0 amide bonds. The van der Waals surface area contributed by atoms with Crippen LogP contribution in [-0.2, 0) is 9.47 Å². The fourth-order valence-corrected chi connectivity index (χ4v) is 2.60. The first kappa shape index (κ1) is 11.2. The minimum Gasteiger partial charge on any atom is -0.354 e. The second-order valence-corrected chi connectivity index (χ2v) is 4.62. The van der Waals surface area contributed by atoms with E-state index in [0.29, 0.717) is 18.4 Å². The molecule has 0 radical (unpaired) electrons. The molecule has 0 atom stereocenters. The summed E-state index contributed by atoms with van der Waals surface area (Å²) in [5.74, 6) is 0.396. The van der Waals surface area contributed by atoms with Crippen LogP contribution in [0.3, 0.4) is 0 Å². The number of rotatable bonds is 1. The molecule has 92 valence electrons. The zero-order chi connectivity index (χ0) is 11.7. The van der Waals surface area contributed by atoms with Crippen molar-refractivity contribution >= 4 is 17.4 Å². The molecule has 0 bridgehead atoms. The molecule has 17 heavy (non-hydrogen) atoms. The Labute approximate surface area is 105 Å². The summed E-state index contributed by atoms with van der Waals surface area (Å²) in [6, 6.07) is 0. The zero-order valence-electron chi connectivity index (χ0n) is 9.43. The van der Waals surface area contributed by atoms with Gasteiger partial charge in [-0.1, -0.05) is 11.6 Å². The van der Waals surface area contributed by atoms with Crippen LogP contribution in [0, 0.1) is 0 Å². The summed E-state index contributed by atoms with van der Waals surface area (Å²) in [5.41, 5.74) is 0. The lowest BCUT2D eigenvalue weighted by Gasteiger charge is -2.38. The van der Waals surface area contributed by atoms with Gasteiger partial charge in [-0.05, 0) is 0 Å². The fraction of sp³-hybridized carbons (Fsp3) is 0.636. The van der Waals surface area contributed by atoms with E-state index >= 15 is 0 Å². The van der Waals surface area contributed by atoms with Gasteiger partial charge < -0.3 is 14.4 Å². The molecule has 2 saturated heterocycles. The van der Waals surface area contributed by atoms with Gasteiger partial charge in [-0.15, -0.1) is 0 Å². The van der Waals surface area contributed by atoms with E-state index < -0.39 is 0 Å². The van der Waals surface area contributed by atoms with Crippen LogP contribution in [0.2, 0.25) is 5.15 Å². The lowest BCUT2D eigenvalue weighted by Crippen LogP contribution is -2.45. The molecule has 0 aliphatic carbocycles. The standard InChI is InChI=1S/C11H14ClN3O2/c12-9-10(14-4-3-13-9)15-5-1-11(2-6-15)16-7-8-17-11/h3-4H,1-2,5-8H2. The molecule has 1 spiro atoms. The Kier molecular flexibility index (Phi) is 2.90. The number of hydrogen-bond acceptors (Lipinski definition) is 5. The normalized spacial score (nSPS) is 23.2. The van der Waals surface area contributed by atoms with Gasteiger partial charge in [0, 0.05) is 38.3 Å². The number of anilines is 1. The van der Waals surface area contributed by atoms with Gasteiger partial charge in [0.05, 0.1) is 13.2 Å². The summed E-state index contributed by atoms with van der Waals surface area (Å²) in [7, 11) is 0. The van der Waals surface area contributed by atoms with Crippen LogP contribution in [0.15, 0.2) is 12.4 Å². The van der Waals surface area contributed by atoms with E-state index in [-0.39, 0.29) is 5.79 Å². The predicted octanol–water partition coefficient (Wildman–Crippen LogP) is 1.47. The van der Waals surface area contributed by atoms with Crippen molar-refractivity contribution in [3.63, 3.8) is 0 Å². The molecule has 2 aliphatic heterocycles. The average Bonchev–Trinajstić information content (AvgIpc) is 2.80. The molecular formula is C11H14ClN3O2. The third-order valence-electron chi connectivity index (χ3n) is 3.27. The average molecular weight is 256 g/mol. The predicted molar refractivity (Wildman–Crippen MR) is 63.1 cm³/mol. The molecule has 2 aliphatic rings. The van der Waals surface area contributed by atoms with Gasteiger partial charge in [-0.25, -0.2) is 9.97 Å². The van der Waals surface area contributed by atoms with Crippen LogP contribution < -0.4 is 4.90 Å². The maximum atomic E-state index is 6.03. The van der Waals surface area contributed by atoms with Crippen molar-refractivity contribution in [1.29, 1.82) is 0 Å². The molecule has 1 aromatic heterocycles. The van der Waals surface area contributed by atoms with Gasteiger partial charge in [0.1, 0.15) is 0 Å². The SMILES string of the molecule is Clc1nccnc1N1CCC2(CC1)OCCO2. The lowest BCUT2D eigenvalue weighted by atomic mass is 10.0. The van der Waals surface area contributed by atoms with Gasteiger partial charge >= 0.3 is 0 Å². The second-order valence-electron chi connectivity index (χ2n) is 4.27. The molecule has 1 aromatic rings. The number of aromatic nitrogens is 2. The highest BCUT2D eigenvalue weighted by molar-refractivity contribution is 6.31. The summed E-state index contributed by atoms with van der Waals surface area (Å²) >= 11 is 6.03. The number of piperidine rings is 1. The second kappa shape index (κ2) is 4.40. The summed E-state index contributed by atoms with van der Waals surface area (Å²) < 4.78 is 11.4. The van der Waals surface area contributed by atoms with E-state index in [1.54, 1.807) is 12.4 Å². The molecule has 5 nitrogen and oxygen atoms in total. The summed E-state index contributed by atoms with van der Waals surface area (Å²) in [4.78, 5) is 10.4. The lowest BCUT2D eigenvalue weighted by molar-refractivity contribution is -0.169. The highest BCUT2D eigenvalue weighted by atomic mass is 35.5. The van der Waals surface area contributed by atoms with Crippen LogP contribution in [0.5, 0.6) is 0 Å². The Morgan fingerprint density at radius 2 is 1.76 bits per heavy atom. The van der Waals surface area contributed by atoms with E-state index in [1.807, 2.05) is 0 Å². The van der Waals surface area contributed by atoms with Gasteiger partial charge in [0.2, 0.25) is 0 Å². The van der Waals surface area contributed by atoms with E-state index in [9.17, 15) is 0 Å². The number of hydrogen-bond donors (Lipinski definition) is 0. The van der Waals surface area contributed by atoms with Crippen molar-refractivity contribution in [2.24, 2.45) is 0 Å². The van der Waals surface area contributed by atoms with Crippen LogP contribution in [0.4, 0.5) is 5.82 Å². The monoisotopic (exact) mass is 255 g/mol. The van der Waals surface area contributed by atoms with Gasteiger partial charge in [0.15, 0.2) is 16.8 Å². The number of ether oxygens (including phenoxy) is 2. The molecular weight excluding hydrogens is 242 g/mol. The topological polar surface area (TPSA) is 47.5 Å². The molecule has 0 aromatic carbocycles. The van der Waals surface area contributed by atoms with Crippen molar-refractivity contribution in [3.05, 3.63) is 17.5 Å². The molecule has 6 heteroatoms. The maximum absolute atomic E-state index is 6.03.